The monoisotopic (exact) mass is 552 g/mol. The van der Waals surface area contributed by atoms with Gasteiger partial charge in [0, 0.05) is 31.1 Å². The van der Waals surface area contributed by atoms with Crippen molar-refractivity contribution in [1.82, 2.24) is 9.21 Å². The molecule has 10 heteroatoms. The SMILES string of the molecule is C[C@@H]1CN([C@@H](C)CO)S(=O)(=O)c2ccc(-c3ccccc3)cc2O[C@@H]1CN(C)C(=O)c1ccc2c(c1)OCO2. The quantitative estimate of drug-likeness (QED) is 0.498. The van der Waals surface area contributed by atoms with Crippen LogP contribution in [0.2, 0.25) is 0 Å². The third-order valence-corrected chi connectivity index (χ3v) is 9.21. The first-order valence-electron chi connectivity index (χ1n) is 12.8. The van der Waals surface area contributed by atoms with Crippen molar-refractivity contribution in [2.45, 2.75) is 30.9 Å². The van der Waals surface area contributed by atoms with Gasteiger partial charge in [-0.3, -0.25) is 4.79 Å². The predicted molar refractivity (Wildman–Crippen MR) is 145 cm³/mol. The van der Waals surface area contributed by atoms with E-state index in [1.807, 2.05) is 37.3 Å². The van der Waals surface area contributed by atoms with Crippen molar-refractivity contribution in [3.05, 3.63) is 72.3 Å². The molecular formula is C29H32N2O7S. The first-order chi connectivity index (χ1) is 18.7. The molecule has 3 aromatic rings. The summed E-state index contributed by atoms with van der Waals surface area (Å²) >= 11 is 0. The Morgan fingerprint density at radius 1 is 1.03 bits per heavy atom. The lowest BCUT2D eigenvalue weighted by Crippen LogP contribution is -2.50. The minimum absolute atomic E-state index is 0.0316. The summed E-state index contributed by atoms with van der Waals surface area (Å²) in [6.07, 6.45) is -0.526. The van der Waals surface area contributed by atoms with Gasteiger partial charge in [0.2, 0.25) is 16.8 Å². The molecular weight excluding hydrogens is 520 g/mol. The fraction of sp³-hybridized carbons (Fsp3) is 0.345. The number of rotatable bonds is 6. The standard InChI is InChI=1S/C29H32N2O7S/c1-19-15-31(20(2)17-32)39(34,35)28-12-10-22(21-7-5-4-6-8-21)13-26(28)38-27(19)16-30(3)29(33)23-9-11-24-25(14-23)37-18-36-24/h4-14,19-20,27,32H,15-18H2,1-3H3/t19-,20+,27-/m1/s1. The van der Waals surface area contributed by atoms with E-state index in [1.54, 1.807) is 55.3 Å². The number of ether oxygens (including phenoxy) is 3. The zero-order valence-corrected chi connectivity index (χ0v) is 22.9. The van der Waals surface area contributed by atoms with Gasteiger partial charge in [-0.2, -0.15) is 4.31 Å². The van der Waals surface area contributed by atoms with Crippen molar-refractivity contribution < 1.29 is 32.5 Å². The van der Waals surface area contributed by atoms with Crippen LogP contribution in [-0.2, 0) is 10.0 Å². The van der Waals surface area contributed by atoms with E-state index in [9.17, 15) is 18.3 Å². The van der Waals surface area contributed by atoms with Crippen molar-refractivity contribution in [1.29, 1.82) is 0 Å². The van der Waals surface area contributed by atoms with Crippen LogP contribution in [0.3, 0.4) is 0 Å². The van der Waals surface area contributed by atoms with Gasteiger partial charge in [0.25, 0.3) is 5.91 Å². The van der Waals surface area contributed by atoms with Crippen molar-refractivity contribution in [2.24, 2.45) is 5.92 Å². The Morgan fingerprint density at radius 2 is 1.77 bits per heavy atom. The maximum Gasteiger partial charge on any atom is 0.253 e. The molecule has 0 fully saturated rings. The highest BCUT2D eigenvalue weighted by Gasteiger charge is 2.38. The molecule has 0 aliphatic carbocycles. The van der Waals surface area contributed by atoms with Crippen LogP contribution in [0.15, 0.2) is 71.6 Å². The van der Waals surface area contributed by atoms with E-state index in [0.29, 0.717) is 17.1 Å². The van der Waals surface area contributed by atoms with Gasteiger partial charge in [0.05, 0.1) is 13.2 Å². The smallest absolute Gasteiger partial charge is 0.253 e. The number of aliphatic hydroxyl groups is 1. The molecule has 0 bridgehead atoms. The van der Waals surface area contributed by atoms with Crippen LogP contribution in [-0.4, -0.2) is 74.3 Å². The number of nitrogens with zero attached hydrogens (tertiary/aromatic N) is 2. The summed E-state index contributed by atoms with van der Waals surface area (Å²) in [6, 6.07) is 19.1. The van der Waals surface area contributed by atoms with Gasteiger partial charge < -0.3 is 24.2 Å². The van der Waals surface area contributed by atoms with Crippen LogP contribution in [0.1, 0.15) is 24.2 Å². The predicted octanol–water partition coefficient (Wildman–Crippen LogP) is 3.62. The Morgan fingerprint density at radius 3 is 2.51 bits per heavy atom. The number of carbonyl (C=O) groups excluding carboxylic acids is 1. The van der Waals surface area contributed by atoms with Gasteiger partial charge in [-0.15, -0.1) is 0 Å². The highest BCUT2D eigenvalue weighted by Crippen LogP contribution is 2.37. The molecule has 9 nitrogen and oxygen atoms in total. The zero-order valence-electron chi connectivity index (χ0n) is 22.1. The van der Waals surface area contributed by atoms with Gasteiger partial charge in [-0.25, -0.2) is 8.42 Å². The average Bonchev–Trinajstić information content (AvgIpc) is 3.42. The Balaban J connectivity index is 1.49. The Kier molecular flexibility index (Phi) is 7.53. The summed E-state index contributed by atoms with van der Waals surface area (Å²) in [5.74, 6) is 0.807. The third-order valence-electron chi connectivity index (χ3n) is 7.19. The van der Waals surface area contributed by atoms with Crippen LogP contribution in [0.25, 0.3) is 11.1 Å². The molecule has 39 heavy (non-hydrogen) atoms. The van der Waals surface area contributed by atoms with Gasteiger partial charge in [0.1, 0.15) is 16.7 Å². The number of aliphatic hydroxyl groups excluding tert-OH is 1. The second-order valence-corrected chi connectivity index (χ2v) is 11.9. The largest absolute Gasteiger partial charge is 0.487 e. The highest BCUT2D eigenvalue weighted by molar-refractivity contribution is 7.89. The first kappa shape index (κ1) is 27.0. The van der Waals surface area contributed by atoms with Crippen LogP contribution in [0.4, 0.5) is 0 Å². The first-order valence-corrected chi connectivity index (χ1v) is 14.3. The van der Waals surface area contributed by atoms with Crippen LogP contribution >= 0.6 is 0 Å². The highest BCUT2D eigenvalue weighted by atomic mass is 32.2. The van der Waals surface area contributed by atoms with E-state index < -0.39 is 22.2 Å². The minimum Gasteiger partial charge on any atom is -0.487 e. The third kappa shape index (κ3) is 5.32. The van der Waals surface area contributed by atoms with Crippen molar-refractivity contribution >= 4 is 15.9 Å². The second-order valence-electron chi connectivity index (χ2n) is 10.0. The topological polar surface area (TPSA) is 106 Å². The molecule has 2 aliphatic rings. The zero-order chi connectivity index (χ0) is 27.7. The molecule has 3 aromatic carbocycles. The molecule has 5 rings (SSSR count). The minimum atomic E-state index is -3.96. The Hall–Kier alpha value is -3.60. The summed E-state index contributed by atoms with van der Waals surface area (Å²) in [6.45, 7) is 3.70. The number of benzene rings is 3. The molecule has 2 aliphatic heterocycles. The van der Waals surface area contributed by atoms with Gasteiger partial charge in [0.15, 0.2) is 11.5 Å². The van der Waals surface area contributed by atoms with Crippen LogP contribution in [0, 0.1) is 5.92 Å². The molecule has 206 valence electrons. The fourth-order valence-electron chi connectivity index (χ4n) is 4.86. The van der Waals surface area contributed by atoms with E-state index in [4.69, 9.17) is 14.2 Å². The van der Waals surface area contributed by atoms with Gasteiger partial charge >= 0.3 is 0 Å². The molecule has 3 atom stereocenters. The maximum atomic E-state index is 13.7. The summed E-state index contributed by atoms with van der Waals surface area (Å²) in [7, 11) is -2.27. The van der Waals surface area contributed by atoms with E-state index in [-0.39, 0.29) is 49.0 Å². The molecule has 1 amide bonds. The number of fused-ring (bicyclic) bond motifs is 2. The summed E-state index contributed by atoms with van der Waals surface area (Å²) in [5.41, 5.74) is 2.18. The molecule has 0 radical (unpaired) electrons. The van der Waals surface area contributed by atoms with Gasteiger partial charge in [-0.05, 0) is 48.4 Å². The van der Waals surface area contributed by atoms with Crippen molar-refractivity contribution in [3.8, 4) is 28.4 Å². The van der Waals surface area contributed by atoms with Crippen LogP contribution in [0.5, 0.6) is 17.2 Å². The summed E-state index contributed by atoms with van der Waals surface area (Å²) < 4.78 is 46.0. The molecule has 1 N–H and O–H groups in total. The lowest BCUT2D eigenvalue weighted by Gasteiger charge is -2.37. The average molecular weight is 553 g/mol. The van der Waals surface area contributed by atoms with E-state index in [0.717, 1.165) is 11.1 Å². The van der Waals surface area contributed by atoms with Crippen molar-refractivity contribution in [2.75, 3.05) is 33.5 Å². The fourth-order valence-corrected chi connectivity index (χ4v) is 6.68. The number of hydrogen-bond acceptors (Lipinski definition) is 7. The molecule has 0 unspecified atom stereocenters. The summed E-state index contributed by atoms with van der Waals surface area (Å²) in [5, 5.41) is 9.88. The van der Waals surface area contributed by atoms with E-state index in [2.05, 4.69) is 0 Å². The molecule has 0 spiro atoms. The lowest BCUT2D eigenvalue weighted by atomic mass is 10.0. The number of sulfonamides is 1. The molecule has 2 heterocycles. The molecule has 0 saturated carbocycles. The number of hydrogen-bond donors (Lipinski definition) is 1. The Bertz CT molecular complexity index is 1460. The number of carbonyl (C=O) groups is 1. The number of likely N-dealkylation sites (N-methyl/N-ethyl adjacent to an activating group) is 1. The maximum absolute atomic E-state index is 13.7. The Labute approximate surface area is 228 Å². The molecule has 0 saturated heterocycles. The van der Waals surface area contributed by atoms with Gasteiger partial charge in [-0.1, -0.05) is 43.3 Å². The van der Waals surface area contributed by atoms with Crippen molar-refractivity contribution in [3.63, 3.8) is 0 Å². The van der Waals surface area contributed by atoms with E-state index >= 15 is 0 Å². The number of amides is 1. The van der Waals surface area contributed by atoms with Crippen LogP contribution < -0.4 is 14.2 Å². The second kappa shape index (κ2) is 10.9. The molecule has 0 aromatic heterocycles. The van der Waals surface area contributed by atoms with E-state index in [1.165, 1.54) is 4.31 Å². The lowest BCUT2D eigenvalue weighted by molar-refractivity contribution is 0.0563. The summed E-state index contributed by atoms with van der Waals surface area (Å²) in [4.78, 5) is 14.9. The normalized spacial score (nSPS) is 20.7.